The van der Waals surface area contributed by atoms with E-state index in [9.17, 15) is 23.5 Å². The molecule has 1 fully saturated rings. The highest BCUT2D eigenvalue weighted by molar-refractivity contribution is 6.51. The molecule has 3 aromatic rings. The average molecular weight is 449 g/mol. The topological polar surface area (TPSA) is 66.8 Å². The Labute approximate surface area is 189 Å². The van der Waals surface area contributed by atoms with Gasteiger partial charge in [0.25, 0.3) is 11.7 Å². The van der Waals surface area contributed by atoms with E-state index in [1.54, 1.807) is 26.0 Å². The van der Waals surface area contributed by atoms with Gasteiger partial charge in [0.2, 0.25) is 0 Å². The number of Topliss-reactive ketones (excluding diaryl/α,β-unsaturated/α-hetero) is 1. The predicted molar refractivity (Wildman–Crippen MR) is 120 cm³/mol. The van der Waals surface area contributed by atoms with E-state index in [1.165, 1.54) is 49.6 Å². The molecule has 1 N–H and O–H groups in total. The molecule has 7 heteroatoms. The summed E-state index contributed by atoms with van der Waals surface area (Å²) in [7, 11) is 1.53. The zero-order chi connectivity index (χ0) is 23.9. The van der Waals surface area contributed by atoms with Crippen molar-refractivity contribution < 1.29 is 28.2 Å². The Bertz CT molecular complexity index is 1300. The highest BCUT2D eigenvalue weighted by Gasteiger charge is 2.47. The zero-order valence-corrected chi connectivity index (χ0v) is 18.2. The minimum Gasteiger partial charge on any atom is -0.507 e. The molecule has 1 unspecified atom stereocenters. The number of carbonyl (C=O) groups is 2. The summed E-state index contributed by atoms with van der Waals surface area (Å²) < 4.78 is 32.9. The third kappa shape index (κ3) is 3.86. The highest BCUT2D eigenvalue weighted by atomic mass is 19.1. The number of ketones is 1. The van der Waals surface area contributed by atoms with Crippen LogP contribution >= 0.6 is 0 Å². The van der Waals surface area contributed by atoms with Crippen LogP contribution in [0.15, 0.2) is 66.2 Å². The maximum absolute atomic E-state index is 14.0. The Hall–Kier alpha value is -4.00. The molecule has 1 aliphatic rings. The summed E-state index contributed by atoms with van der Waals surface area (Å²) in [6, 6.07) is 12.8. The molecule has 0 aliphatic carbocycles. The van der Waals surface area contributed by atoms with Gasteiger partial charge >= 0.3 is 0 Å². The van der Waals surface area contributed by atoms with Gasteiger partial charge in [0, 0.05) is 11.3 Å². The maximum atomic E-state index is 14.0. The molecule has 1 amide bonds. The molecule has 168 valence electrons. The molecular formula is C26H21F2NO4. The molecule has 0 spiro atoms. The van der Waals surface area contributed by atoms with Crippen LogP contribution in [0, 0.1) is 25.5 Å². The van der Waals surface area contributed by atoms with Crippen LogP contribution in [0.5, 0.6) is 5.75 Å². The lowest BCUT2D eigenvalue weighted by atomic mass is 9.93. The van der Waals surface area contributed by atoms with Crippen LogP contribution in [0.1, 0.15) is 28.3 Å². The number of hydrogen-bond donors (Lipinski definition) is 1. The first-order valence-electron chi connectivity index (χ1n) is 10.2. The van der Waals surface area contributed by atoms with Crippen molar-refractivity contribution >= 4 is 23.1 Å². The van der Waals surface area contributed by atoms with Crippen LogP contribution in [0.3, 0.4) is 0 Å². The lowest BCUT2D eigenvalue weighted by Gasteiger charge is -2.25. The number of ether oxygens (including phenoxy) is 1. The second-order valence-electron chi connectivity index (χ2n) is 7.84. The van der Waals surface area contributed by atoms with Gasteiger partial charge in [-0.15, -0.1) is 0 Å². The Morgan fingerprint density at radius 2 is 1.64 bits per heavy atom. The number of aliphatic hydroxyl groups is 1. The predicted octanol–water partition coefficient (Wildman–Crippen LogP) is 5.22. The Morgan fingerprint density at radius 3 is 2.27 bits per heavy atom. The molecule has 4 rings (SSSR count). The summed E-state index contributed by atoms with van der Waals surface area (Å²) in [4.78, 5) is 27.4. The fourth-order valence-electron chi connectivity index (χ4n) is 4.10. The van der Waals surface area contributed by atoms with E-state index in [-0.39, 0.29) is 17.0 Å². The number of nitrogens with zero attached hydrogens (tertiary/aromatic N) is 1. The second kappa shape index (κ2) is 8.50. The van der Waals surface area contributed by atoms with Gasteiger partial charge in [-0.3, -0.25) is 14.5 Å². The number of benzene rings is 3. The van der Waals surface area contributed by atoms with Crippen LogP contribution in [0.2, 0.25) is 0 Å². The summed E-state index contributed by atoms with van der Waals surface area (Å²) in [5, 5.41) is 11.3. The van der Waals surface area contributed by atoms with Gasteiger partial charge in [0.15, 0.2) is 0 Å². The van der Waals surface area contributed by atoms with Crippen molar-refractivity contribution in [1.82, 2.24) is 0 Å². The van der Waals surface area contributed by atoms with Gasteiger partial charge in [-0.05, 0) is 73.0 Å². The van der Waals surface area contributed by atoms with E-state index in [2.05, 4.69) is 0 Å². The zero-order valence-electron chi connectivity index (χ0n) is 18.2. The van der Waals surface area contributed by atoms with Crippen LogP contribution < -0.4 is 9.64 Å². The van der Waals surface area contributed by atoms with Crippen LogP contribution in [0.25, 0.3) is 5.76 Å². The van der Waals surface area contributed by atoms with Gasteiger partial charge in [-0.1, -0.05) is 18.2 Å². The van der Waals surface area contributed by atoms with Gasteiger partial charge in [-0.25, -0.2) is 8.78 Å². The lowest BCUT2D eigenvalue weighted by molar-refractivity contribution is -0.132. The normalized spacial score (nSPS) is 17.5. The monoisotopic (exact) mass is 449 g/mol. The number of aliphatic hydroxyl groups excluding tert-OH is 1. The van der Waals surface area contributed by atoms with Crippen LogP contribution in [-0.2, 0) is 9.59 Å². The number of halogens is 2. The van der Waals surface area contributed by atoms with Gasteiger partial charge in [-0.2, -0.15) is 0 Å². The Kier molecular flexibility index (Phi) is 5.72. The van der Waals surface area contributed by atoms with E-state index in [4.69, 9.17) is 4.74 Å². The second-order valence-corrected chi connectivity index (χ2v) is 7.84. The van der Waals surface area contributed by atoms with E-state index in [0.717, 1.165) is 16.5 Å². The number of hydrogen-bond acceptors (Lipinski definition) is 4. The minimum absolute atomic E-state index is 0.146. The summed E-state index contributed by atoms with van der Waals surface area (Å²) >= 11 is 0. The van der Waals surface area contributed by atoms with Crippen molar-refractivity contribution in [3.05, 3.63) is 100 Å². The minimum atomic E-state index is -1.07. The first-order chi connectivity index (χ1) is 15.7. The molecule has 1 saturated heterocycles. The molecule has 33 heavy (non-hydrogen) atoms. The van der Waals surface area contributed by atoms with Crippen molar-refractivity contribution in [1.29, 1.82) is 0 Å². The maximum Gasteiger partial charge on any atom is 0.300 e. The smallest absolute Gasteiger partial charge is 0.300 e. The molecule has 1 heterocycles. The van der Waals surface area contributed by atoms with Crippen molar-refractivity contribution in [2.45, 2.75) is 19.9 Å². The van der Waals surface area contributed by atoms with E-state index in [0.29, 0.717) is 22.4 Å². The highest BCUT2D eigenvalue weighted by Crippen LogP contribution is 2.43. The van der Waals surface area contributed by atoms with Crippen molar-refractivity contribution in [3.63, 3.8) is 0 Å². The summed E-state index contributed by atoms with van der Waals surface area (Å²) in [5.41, 5.74) is 2.09. The van der Waals surface area contributed by atoms with Crippen molar-refractivity contribution in [2.24, 2.45) is 0 Å². The number of amides is 1. The van der Waals surface area contributed by atoms with Gasteiger partial charge < -0.3 is 9.84 Å². The largest absolute Gasteiger partial charge is 0.507 e. The first-order valence-corrected chi connectivity index (χ1v) is 10.2. The van der Waals surface area contributed by atoms with Crippen LogP contribution in [0.4, 0.5) is 14.5 Å². The van der Waals surface area contributed by atoms with Crippen molar-refractivity contribution in [2.75, 3.05) is 12.0 Å². The number of methoxy groups -OCH3 is 1. The summed E-state index contributed by atoms with van der Waals surface area (Å²) in [6.45, 7) is 3.53. The molecule has 0 aromatic heterocycles. The SMILES string of the molecule is COc1cc(C)c(/C(O)=C2\C(=O)C(=O)N(c3cccc(F)c3)C2c2ccc(F)cc2)cc1C. The lowest BCUT2D eigenvalue weighted by Crippen LogP contribution is -2.29. The summed E-state index contributed by atoms with van der Waals surface area (Å²) in [6.07, 6.45) is 0. The molecule has 0 bridgehead atoms. The number of aryl methyl sites for hydroxylation is 2. The first kappa shape index (κ1) is 22.2. The number of rotatable bonds is 4. The third-order valence-corrected chi connectivity index (χ3v) is 5.71. The van der Waals surface area contributed by atoms with Crippen molar-refractivity contribution in [3.8, 4) is 5.75 Å². The Morgan fingerprint density at radius 1 is 0.939 bits per heavy atom. The molecular weight excluding hydrogens is 428 g/mol. The fraction of sp³-hybridized carbons (Fsp3) is 0.154. The standard InChI is InChI=1S/C26H21F2NO4/c1-14-12-21(33-3)15(2)11-20(14)24(30)22-23(16-7-9-17(27)10-8-16)29(26(32)25(22)31)19-6-4-5-18(28)13-19/h4-13,23,30H,1-3H3/b24-22+. The number of carbonyl (C=O) groups excluding carboxylic acids is 2. The van der Waals surface area contributed by atoms with Gasteiger partial charge in [0.1, 0.15) is 23.1 Å². The van der Waals surface area contributed by atoms with E-state index in [1.807, 2.05) is 0 Å². The van der Waals surface area contributed by atoms with Crippen LogP contribution in [-0.4, -0.2) is 23.9 Å². The molecule has 5 nitrogen and oxygen atoms in total. The molecule has 3 aromatic carbocycles. The Balaban J connectivity index is 1.98. The molecule has 0 radical (unpaired) electrons. The molecule has 1 aliphatic heterocycles. The molecule has 0 saturated carbocycles. The average Bonchev–Trinajstić information content (AvgIpc) is 3.05. The van der Waals surface area contributed by atoms with E-state index < -0.39 is 29.4 Å². The molecule has 1 atom stereocenters. The van der Waals surface area contributed by atoms with Gasteiger partial charge in [0.05, 0.1) is 18.7 Å². The summed E-state index contributed by atoms with van der Waals surface area (Å²) in [5.74, 6) is -2.68. The fourth-order valence-corrected chi connectivity index (χ4v) is 4.10. The number of anilines is 1. The quantitative estimate of drug-likeness (QED) is 0.337. The van der Waals surface area contributed by atoms with E-state index >= 15 is 0 Å². The third-order valence-electron chi connectivity index (χ3n) is 5.71.